The molecule has 2 aromatic carbocycles. The first-order chi connectivity index (χ1) is 10.8. The van der Waals surface area contributed by atoms with Gasteiger partial charge in [-0.3, -0.25) is 0 Å². The van der Waals surface area contributed by atoms with Crippen LogP contribution in [-0.2, 0) is 18.5 Å². The molecule has 0 aromatic heterocycles. The molecule has 0 amide bonds. The maximum absolute atomic E-state index is 13.0. The largest absolute Gasteiger partial charge is 0.417 e. The van der Waals surface area contributed by atoms with Crippen molar-refractivity contribution in [2.24, 2.45) is 0 Å². The summed E-state index contributed by atoms with van der Waals surface area (Å²) in [6.45, 7) is 0. The third-order valence-corrected chi connectivity index (χ3v) is 3.15. The fourth-order valence-corrected chi connectivity index (χ4v) is 2.07. The second kappa shape index (κ2) is 5.71. The Labute approximate surface area is 129 Å². The van der Waals surface area contributed by atoms with E-state index < -0.39 is 46.3 Å². The summed E-state index contributed by atoms with van der Waals surface area (Å²) in [6, 6.07) is 3.35. The molecule has 0 aliphatic carbocycles. The average Bonchev–Trinajstić information content (AvgIpc) is 2.44. The lowest BCUT2D eigenvalue weighted by molar-refractivity contribution is -0.141. The fraction of sp³-hybridized carbons (Fsp3) is 0.200. The van der Waals surface area contributed by atoms with Crippen LogP contribution in [0.5, 0.6) is 0 Å². The molecule has 0 radical (unpaired) electrons. The lowest BCUT2D eigenvalue weighted by Gasteiger charge is -2.17. The predicted molar refractivity (Wildman–Crippen MR) is 66.9 cm³/mol. The minimum Gasteiger partial charge on any atom is -0.166 e. The van der Waals surface area contributed by atoms with Crippen molar-refractivity contribution in [3.8, 4) is 11.1 Å². The summed E-state index contributed by atoms with van der Waals surface area (Å²) < 4.78 is 115. The van der Waals surface area contributed by atoms with Crippen LogP contribution in [0.1, 0.15) is 16.7 Å². The first-order valence-corrected chi connectivity index (χ1v) is 6.26. The van der Waals surface area contributed by atoms with Crippen LogP contribution in [0.25, 0.3) is 11.1 Å². The summed E-state index contributed by atoms with van der Waals surface area (Å²) in [5, 5.41) is 0. The minimum atomic E-state index is -5.02. The standard InChI is InChI=1S/C15H7F9/c16-13(17,18)9-3-1-2-8(6-9)11-7-10(14(19,20)21)4-5-12(11)15(22,23)24/h1-7H. The van der Waals surface area contributed by atoms with Crippen molar-refractivity contribution in [2.45, 2.75) is 18.5 Å². The molecule has 0 atom stereocenters. The van der Waals surface area contributed by atoms with Crippen LogP contribution in [-0.4, -0.2) is 0 Å². The summed E-state index contributed by atoms with van der Waals surface area (Å²) in [5.74, 6) is 0. The van der Waals surface area contributed by atoms with Gasteiger partial charge in [0.25, 0.3) is 0 Å². The van der Waals surface area contributed by atoms with Gasteiger partial charge in [-0.05, 0) is 41.5 Å². The summed E-state index contributed by atoms with van der Waals surface area (Å²) in [4.78, 5) is 0. The molecule has 0 N–H and O–H groups in total. The molecular weight excluding hydrogens is 351 g/mol. The van der Waals surface area contributed by atoms with E-state index in [9.17, 15) is 39.5 Å². The first kappa shape index (κ1) is 18.2. The van der Waals surface area contributed by atoms with Crippen LogP contribution in [0.3, 0.4) is 0 Å². The second-order valence-electron chi connectivity index (χ2n) is 4.83. The zero-order valence-corrected chi connectivity index (χ0v) is 11.4. The van der Waals surface area contributed by atoms with Gasteiger partial charge in [-0.15, -0.1) is 0 Å². The molecular formula is C15H7F9. The highest BCUT2D eigenvalue weighted by Crippen LogP contribution is 2.41. The first-order valence-electron chi connectivity index (χ1n) is 6.26. The van der Waals surface area contributed by atoms with E-state index in [2.05, 4.69) is 0 Å². The van der Waals surface area contributed by atoms with Gasteiger partial charge in [0.2, 0.25) is 0 Å². The van der Waals surface area contributed by atoms with E-state index in [1.807, 2.05) is 0 Å². The van der Waals surface area contributed by atoms with Crippen molar-refractivity contribution < 1.29 is 39.5 Å². The van der Waals surface area contributed by atoms with Gasteiger partial charge in [0.05, 0.1) is 16.7 Å². The Hall–Kier alpha value is -2.19. The van der Waals surface area contributed by atoms with E-state index >= 15 is 0 Å². The Morgan fingerprint density at radius 2 is 1.08 bits per heavy atom. The number of benzene rings is 2. The lowest BCUT2D eigenvalue weighted by atomic mass is 9.95. The molecule has 2 rings (SSSR count). The Kier molecular flexibility index (Phi) is 4.32. The van der Waals surface area contributed by atoms with Gasteiger partial charge in [-0.25, -0.2) is 0 Å². The molecule has 0 saturated carbocycles. The summed E-state index contributed by atoms with van der Waals surface area (Å²) in [6.07, 6.45) is -14.8. The highest BCUT2D eigenvalue weighted by Gasteiger charge is 2.38. The van der Waals surface area contributed by atoms with E-state index in [-0.39, 0.29) is 18.2 Å². The summed E-state index contributed by atoms with van der Waals surface area (Å²) in [5.41, 5.74) is -5.67. The summed E-state index contributed by atoms with van der Waals surface area (Å²) >= 11 is 0. The van der Waals surface area contributed by atoms with E-state index in [4.69, 9.17) is 0 Å². The number of hydrogen-bond acceptors (Lipinski definition) is 0. The molecule has 0 heterocycles. The van der Waals surface area contributed by atoms with Crippen molar-refractivity contribution in [2.75, 3.05) is 0 Å². The molecule has 0 fully saturated rings. The molecule has 0 spiro atoms. The summed E-state index contributed by atoms with van der Waals surface area (Å²) in [7, 11) is 0. The van der Waals surface area contributed by atoms with Crippen molar-refractivity contribution in [3.63, 3.8) is 0 Å². The molecule has 130 valence electrons. The Morgan fingerprint density at radius 3 is 1.58 bits per heavy atom. The molecule has 0 unspecified atom stereocenters. The van der Waals surface area contributed by atoms with Gasteiger partial charge in [-0.2, -0.15) is 39.5 Å². The monoisotopic (exact) mass is 358 g/mol. The maximum atomic E-state index is 13.0. The number of hydrogen-bond donors (Lipinski definition) is 0. The minimum absolute atomic E-state index is 0.193. The van der Waals surface area contributed by atoms with Gasteiger partial charge in [0, 0.05) is 0 Å². The highest BCUT2D eigenvalue weighted by atomic mass is 19.4. The van der Waals surface area contributed by atoms with Crippen molar-refractivity contribution in [1.82, 2.24) is 0 Å². The number of rotatable bonds is 1. The maximum Gasteiger partial charge on any atom is 0.417 e. The Morgan fingerprint density at radius 1 is 0.542 bits per heavy atom. The number of alkyl halides is 9. The fourth-order valence-electron chi connectivity index (χ4n) is 2.07. The Balaban J connectivity index is 2.71. The zero-order chi connectivity index (χ0) is 18.3. The quantitative estimate of drug-likeness (QED) is 0.517. The third kappa shape index (κ3) is 3.82. The van der Waals surface area contributed by atoms with Crippen molar-refractivity contribution in [3.05, 3.63) is 59.2 Å². The van der Waals surface area contributed by atoms with Gasteiger partial charge in [-0.1, -0.05) is 12.1 Å². The molecule has 0 saturated heterocycles. The van der Waals surface area contributed by atoms with Crippen molar-refractivity contribution >= 4 is 0 Å². The zero-order valence-electron chi connectivity index (χ0n) is 11.4. The van der Waals surface area contributed by atoms with Crippen LogP contribution in [0.15, 0.2) is 42.5 Å². The van der Waals surface area contributed by atoms with E-state index in [0.717, 1.165) is 12.1 Å². The van der Waals surface area contributed by atoms with E-state index in [1.54, 1.807) is 0 Å². The third-order valence-electron chi connectivity index (χ3n) is 3.15. The SMILES string of the molecule is FC(F)(F)c1cccc(-c2cc(C(F)(F)F)ccc2C(F)(F)F)c1. The molecule has 0 aliphatic heterocycles. The average molecular weight is 358 g/mol. The molecule has 2 aromatic rings. The van der Waals surface area contributed by atoms with Crippen LogP contribution >= 0.6 is 0 Å². The lowest BCUT2D eigenvalue weighted by Crippen LogP contribution is -2.11. The van der Waals surface area contributed by atoms with Gasteiger partial charge < -0.3 is 0 Å². The molecule has 0 aliphatic rings. The predicted octanol–water partition coefficient (Wildman–Crippen LogP) is 6.41. The number of halogens is 9. The van der Waals surface area contributed by atoms with E-state index in [0.29, 0.717) is 12.1 Å². The van der Waals surface area contributed by atoms with E-state index in [1.165, 1.54) is 0 Å². The normalized spacial score (nSPS) is 13.2. The van der Waals surface area contributed by atoms with Gasteiger partial charge in [0.15, 0.2) is 0 Å². The highest BCUT2D eigenvalue weighted by molar-refractivity contribution is 5.70. The molecule has 0 nitrogen and oxygen atoms in total. The van der Waals surface area contributed by atoms with Crippen LogP contribution in [0.4, 0.5) is 39.5 Å². The topological polar surface area (TPSA) is 0 Å². The smallest absolute Gasteiger partial charge is 0.166 e. The van der Waals surface area contributed by atoms with Crippen LogP contribution < -0.4 is 0 Å². The van der Waals surface area contributed by atoms with Crippen molar-refractivity contribution in [1.29, 1.82) is 0 Å². The molecule has 0 bridgehead atoms. The van der Waals surface area contributed by atoms with Crippen LogP contribution in [0.2, 0.25) is 0 Å². The van der Waals surface area contributed by atoms with Gasteiger partial charge >= 0.3 is 18.5 Å². The second-order valence-corrected chi connectivity index (χ2v) is 4.83. The molecule has 24 heavy (non-hydrogen) atoms. The van der Waals surface area contributed by atoms with Gasteiger partial charge in [0.1, 0.15) is 0 Å². The van der Waals surface area contributed by atoms with Crippen LogP contribution in [0, 0.1) is 0 Å². The molecule has 9 heteroatoms. The Bertz CT molecular complexity index is 736.